The Hall–Kier alpha value is -1.15. The molecule has 1 fully saturated rings. The molecule has 0 saturated carbocycles. The predicted molar refractivity (Wildman–Crippen MR) is 56.5 cm³/mol. The van der Waals surface area contributed by atoms with Crippen LogP contribution < -0.4 is 5.32 Å². The summed E-state index contributed by atoms with van der Waals surface area (Å²) in [6, 6.07) is 6.64. The van der Waals surface area contributed by atoms with Gasteiger partial charge in [0.25, 0.3) is 0 Å². The fourth-order valence-electron chi connectivity index (χ4n) is 1.70. The van der Waals surface area contributed by atoms with Crippen molar-refractivity contribution in [3.05, 3.63) is 41.2 Å². The van der Waals surface area contributed by atoms with Crippen molar-refractivity contribution in [3.8, 4) is 0 Å². The van der Waals surface area contributed by atoms with Gasteiger partial charge < -0.3 is 5.32 Å². The van der Waals surface area contributed by atoms with Crippen LogP contribution in [0.1, 0.15) is 18.4 Å². The van der Waals surface area contributed by atoms with Crippen LogP contribution in [0.15, 0.2) is 29.8 Å². The molecule has 1 heterocycles. The van der Waals surface area contributed by atoms with E-state index in [2.05, 4.69) is 11.4 Å². The van der Waals surface area contributed by atoms with Crippen molar-refractivity contribution in [2.75, 3.05) is 13.1 Å². The van der Waals surface area contributed by atoms with Crippen molar-refractivity contribution < 1.29 is 4.39 Å². The minimum atomic E-state index is -0.172. The largest absolute Gasteiger partial charge is 0.313 e. The third-order valence-electron chi connectivity index (χ3n) is 2.44. The molecule has 0 spiro atoms. The van der Waals surface area contributed by atoms with Crippen LogP contribution >= 0.6 is 0 Å². The summed E-state index contributed by atoms with van der Waals surface area (Å²) < 4.78 is 12.6. The lowest BCUT2D eigenvalue weighted by molar-refractivity contribution is 0.613. The summed E-state index contributed by atoms with van der Waals surface area (Å²) in [6.07, 6.45) is 4.50. The molecule has 14 heavy (non-hydrogen) atoms. The summed E-state index contributed by atoms with van der Waals surface area (Å²) >= 11 is 0. The van der Waals surface area contributed by atoms with Crippen molar-refractivity contribution in [3.63, 3.8) is 0 Å². The zero-order chi connectivity index (χ0) is 9.80. The zero-order valence-electron chi connectivity index (χ0n) is 8.09. The fraction of sp³-hybridized carbons (Fsp3) is 0.333. The van der Waals surface area contributed by atoms with Crippen LogP contribution in [-0.4, -0.2) is 13.1 Å². The van der Waals surface area contributed by atoms with Crippen LogP contribution in [-0.2, 0) is 0 Å². The molecule has 1 saturated heterocycles. The quantitative estimate of drug-likeness (QED) is 0.719. The summed E-state index contributed by atoms with van der Waals surface area (Å²) in [4.78, 5) is 0. The molecule has 0 bridgehead atoms. The SMILES string of the molecule is Fc1ccc(C=C2CCCNC2)cc1. The molecular weight excluding hydrogens is 177 g/mol. The molecular formula is C12H14FN. The van der Waals surface area contributed by atoms with E-state index in [0.29, 0.717) is 0 Å². The highest BCUT2D eigenvalue weighted by Crippen LogP contribution is 2.14. The Kier molecular flexibility index (Phi) is 2.94. The second-order valence-corrected chi connectivity index (χ2v) is 3.63. The number of hydrogen-bond acceptors (Lipinski definition) is 1. The molecule has 0 aliphatic carbocycles. The van der Waals surface area contributed by atoms with E-state index < -0.39 is 0 Å². The molecule has 0 atom stereocenters. The van der Waals surface area contributed by atoms with Crippen LogP contribution in [0, 0.1) is 5.82 Å². The van der Waals surface area contributed by atoms with Gasteiger partial charge in [0.2, 0.25) is 0 Å². The van der Waals surface area contributed by atoms with Gasteiger partial charge in [-0.3, -0.25) is 0 Å². The summed E-state index contributed by atoms with van der Waals surface area (Å²) in [5.74, 6) is -0.172. The van der Waals surface area contributed by atoms with Gasteiger partial charge in [0.15, 0.2) is 0 Å². The van der Waals surface area contributed by atoms with Crippen molar-refractivity contribution >= 4 is 6.08 Å². The highest BCUT2D eigenvalue weighted by atomic mass is 19.1. The monoisotopic (exact) mass is 191 g/mol. The number of benzene rings is 1. The first-order valence-electron chi connectivity index (χ1n) is 5.00. The molecule has 2 heteroatoms. The maximum absolute atomic E-state index is 12.6. The highest BCUT2D eigenvalue weighted by Gasteiger charge is 2.03. The zero-order valence-corrected chi connectivity index (χ0v) is 8.09. The smallest absolute Gasteiger partial charge is 0.123 e. The van der Waals surface area contributed by atoms with Crippen LogP contribution in [0.2, 0.25) is 0 Å². The minimum absolute atomic E-state index is 0.172. The second kappa shape index (κ2) is 4.38. The van der Waals surface area contributed by atoms with Gasteiger partial charge in [-0.05, 0) is 37.1 Å². The Morgan fingerprint density at radius 2 is 2.00 bits per heavy atom. The first-order chi connectivity index (χ1) is 6.84. The fourth-order valence-corrected chi connectivity index (χ4v) is 1.70. The third-order valence-corrected chi connectivity index (χ3v) is 2.44. The van der Waals surface area contributed by atoms with Gasteiger partial charge in [0, 0.05) is 6.54 Å². The molecule has 1 aromatic carbocycles. The Labute approximate surface area is 83.6 Å². The van der Waals surface area contributed by atoms with Crippen LogP contribution in [0.5, 0.6) is 0 Å². The highest BCUT2D eigenvalue weighted by molar-refractivity contribution is 5.53. The van der Waals surface area contributed by atoms with Gasteiger partial charge in [-0.15, -0.1) is 0 Å². The first kappa shape index (κ1) is 9.41. The van der Waals surface area contributed by atoms with Crippen LogP contribution in [0.4, 0.5) is 4.39 Å². The Bertz CT molecular complexity index is 319. The molecule has 1 aliphatic heterocycles. The minimum Gasteiger partial charge on any atom is -0.313 e. The van der Waals surface area contributed by atoms with Crippen molar-refractivity contribution in [2.45, 2.75) is 12.8 Å². The van der Waals surface area contributed by atoms with E-state index in [1.807, 2.05) is 12.1 Å². The maximum atomic E-state index is 12.6. The Morgan fingerprint density at radius 1 is 1.21 bits per heavy atom. The van der Waals surface area contributed by atoms with Gasteiger partial charge in [-0.1, -0.05) is 23.8 Å². The standard InChI is InChI=1S/C12H14FN/c13-12-5-3-10(4-6-12)8-11-2-1-7-14-9-11/h3-6,8,14H,1-2,7,9H2. The van der Waals surface area contributed by atoms with Gasteiger partial charge in [-0.2, -0.15) is 0 Å². The number of piperidine rings is 1. The Balaban J connectivity index is 2.11. The Morgan fingerprint density at radius 3 is 2.64 bits per heavy atom. The normalized spacial score (nSPS) is 19.9. The van der Waals surface area contributed by atoms with E-state index in [-0.39, 0.29) is 5.82 Å². The second-order valence-electron chi connectivity index (χ2n) is 3.63. The third kappa shape index (κ3) is 2.42. The number of rotatable bonds is 1. The van der Waals surface area contributed by atoms with Crippen molar-refractivity contribution in [2.24, 2.45) is 0 Å². The van der Waals surface area contributed by atoms with E-state index in [4.69, 9.17) is 0 Å². The molecule has 2 rings (SSSR count). The summed E-state index contributed by atoms with van der Waals surface area (Å²) in [6.45, 7) is 2.08. The lowest BCUT2D eigenvalue weighted by Crippen LogP contribution is -2.23. The van der Waals surface area contributed by atoms with E-state index in [0.717, 1.165) is 25.1 Å². The molecule has 0 aromatic heterocycles. The van der Waals surface area contributed by atoms with Crippen molar-refractivity contribution in [1.82, 2.24) is 5.32 Å². The molecule has 0 amide bonds. The van der Waals surface area contributed by atoms with Gasteiger partial charge in [0.1, 0.15) is 5.82 Å². The van der Waals surface area contributed by atoms with E-state index in [1.165, 1.54) is 24.1 Å². The molecule has 74 valence electrons. The van der Waals surface area contributed by atoms with E-state index in [1.54, 1.807) is 0 Å². The molecule has 1 aromatic rings. The van der Waals surface area contributed by atoms with Crippen LogP contribution in [0.25, 0.3) is 6.08 Å². The first-order valence-corrected chi connectivity index (χ1v) is 5.00. The van der Waals surface area contributed by atoms with Gasteiger partial charge >= 0.3 is 0 Å². The van der Waals surface area contributed by atoms with E-state index >= 15 is 0 Å². The number of hydrogen-bond donors (Lipinski definition) is 1. The van der Waals surface area contributed by atoms with Gasteiger partial charge in [-0.25, -0.2) is 4.39 Å². The van der Waals surface area contributed by atoms with Crippen LogP contribution in [0.3, 0.4) is 0 Å². The number of nitrogens with one attached hydrogen (secondary N) is 1. The molecule has 0 radical (unpaired) electrons. The molecule has 1 N–H and O–H groups in total. The predicted octanol–water partition coefficient (Wildman–Crippen LogP) is 2.59. The van der Waals surface area contributed by atoms with E-state index in [9.17, 15) is 4.39 Å². The molecule has 1 aliphatic rings. The topological polar surface area (TPSA) is 12.0 Å². The maximum Gasteiger partial charge on any atom is 0.123 e. The summed E-state index contributed by atoms with van der Waals surface area (Å²) in [5.41, 5.74) is 2.49. The van der Waals surface area contributed by atoms with Crippen molar-refractivity contribution in [1.29, 1.82) is 0 Å². The average molecular weight is 191 g/mol. The molecule has 1 nitrogen and oxygen atoms in total. The van der Waals surface area contributed by atoms with Gasteiger partial charge in [0.05, 0.1) is 0 Å². The molecule has 0 unspecified atom stereocenters. The number of halogens is 1. The lowest BCUT2D eigenvalue weighted by Gasteiger charge is -2.15. The lowest BCUT2D eigenvalue weighted by atomic mass is 10.0. The summed E-state index contributed by atoms with van der Waals surface area (Å²) in [5, 5.41) is 3.32. The summed E-state index contributed by atoms with van der Waals surface area (Å²) in [7, 11) is 0. The average Bonchev–Trinajstić information content (AvgIpc) is 2.23.